The number of ketones is 1. The van der Waals surface area contributed by atoms with Crippen molar-refractivity contribution in [3.63, 3.8) is 0 Å². The molecule has 38 heavy (non-hydrogen) atoms. The maximum atomic E-state index is 13.4. The molecule has 204 valence electrons. The van der Waals surface area contributed by atoms with Crippen molar-refractivity contribution in [3.8, 4) is 0 Å². The number of H-pyrrole nitrogens is 1. The molecule has 0 spiro atoms. The number of carbonyl (C=O) groups excluding carboxylic acids is 1. The summed E-state index contributed by atoms with van der Waals surface area (Å²) in [5.74, 6) is -0.118. The highest BCUT2D eigenvalue weighted by Gasteiger charge is 2.49. The lowest BCUT2D eigenvalue weighted by molar-refractivity contribution is -0.137. The molecule has 7 nitrogen and oxygen atoms in total. The van der Waals surface area contributed by atoms with Gasteiger partial charge in [0, 0.05) is 13.0 Å². The molecular weight excluding hydrogens is 504 g/mol. The summed E-state index contributed by atoms with van der Waals surface area (Å²) in [5, 5.41) is 9.60. The van der Waals surface area contributed by atoms with Crippen molar-refractivity contribution in [2.24, 2.45) is 0 Å². The monoisotopic (exact) mass is 534 g/mol. The minimum absolute atomic E-state index is 0.0655. The van der Waals surface area contributed by atoms with Gasteiger partial charge in [0.1, 0.15) is 18.5 Å². The average Bonchev–Trinajstić information content (AvgIpc) is 3.37. The molecule has 11 heteroatoms. The van der Waals surface area contributed by atoms with Crippen LogP contribution in [-0.2, 0) is 33.5 Å². The van der Waals surface area contributed by atoms with Crippen LogP contribution >= 0.6 is 0 Å². The average molecular weight is 535 g/mol. The van der Waals surface area contributed by atoms with Gasteiger partial charge in [-0.05, 0) is 48.6 Å². The summed E-state index contributed by atoms with van der Waals surface area (Å²) >= 11 is 0. The molecule has 0 amide bonds. The van der Waals surface area contributed by atoms with Crippen LogP contribution in [0.1, 0.15) is 61.5 Å². The third-order valence-electron chi connectivity index (χ3n) is 7.41. The van der Waals surface area contributed by atoms with Crippen molar-refractivity contribution in [3.05, 3.63) is 87.6 Å². The molecule has 2 heterocycles. The van der Waals surface area contributed by atoms with Crippen molar-refractivity contribution >= 4 is 5.78 Å². The number of aromatic nitrogens is 3. The lowest BCUT2D eigenvalue weighted by Gasteiger charge is -2.47. The van der Waals surface area contributed by atoms with Crippen LogP contribution in [0.5, 0.6) is 0 Å². The number of piperidine rings is 1. The topological polar surface area (TPSA) is 89.0 Å². The van der Waals surface area contributed by atoms with Crippen LogP contribution in [0.4, 0.5) is 17.6 Å². The molecule has 1 aromatic heterocycles. The SMILES string of the molecule is CCC(=O)[C@]1(n2cn[nH]c2=O)CC[C@@](CO[C@H](C)c2cc(CF)cc(C(F)(F)F)c2)(c2ccccc2)NC1. The minimum Gasteiger partial charge on any atom is -0.372 e. The first-order chi connectivity index (χ1) is 18.0. The lowest BCUT2D eigenvalue weighted by Crippen LogP contribution is -2.63. The quantitative estimate of drug-likeness (QED) is 0.386. The zero-order chi connectivity index (χ0) is 27.6. The largest absolute Gasteiger partial charge is 0.416 e. The first kappa shape index (κ1) is 27.7. The van der Waals surface area contributed by atoms with Gasteiger partial charge in [0.25, 0.3) is 0 Å². The number of halogens is 4. The Kier molecular flexibility index (Phi) is 7.89. The number of nitrogens with zero attached hydrogens (tertiary/aromatic N) is 2. The highest BCUT2D eigenvalue weighted by atomic mass is 19.4. The fraction of sp³-hybridized carbons (Fsp3) is 0.444. The number of nitrogens with one attached hydrogen (secondary N) is 2. The van der Waals surface area contributed by atoms with E-state index in [1.807, 2.05) is 30.3 Å². The fourth-order valence-corrected chi connectivity index (χ4v) is 5.14. The van der Waals surface area contributed by atoms with Gasteiger partial charge in [0.15, 0.2) is 5.78 Å². The van der Waals surface area contributed by atoms with Crippen LogP contribution in [0, 0.1) is 0 Å². The normalized spacial score (nSPS) is 22.8. The Morgan fingerprint density at radius 1 is 1.18 bits per heavy atom. The Morgan fingerprint density at radius 3 is 2.47 bits per heavy atom. The molecule has 1 aliphatic rings. The van der Waals surface area contributed by atoms with Crippen molar-refractivity contribution in [1.82, 2.24) is 20.1 Å². The van der Waals surface area contributed by atoms with Crippen LogP contribution in [0.25, 0.3) is 0 Å². The van der Waals surface area contributed by atoms with Crippen LogP contribution in [-0.4, -0.2) is 33.7 Å². The van der Waals surface area contributed by atoms with Gasteiger partial charge < -0.3 is 10.1 Å². The summed E-state index contributed by atoms with van der Waals surface area (Å²) in [4.78, 5) is 25.5. The molecule has 2 N–H and O–H groups in total. The van der Waals surface area contributed by atoms with Gasteiger partial charge in [-0.3, -0.25) is 9.36 Å². The second-order valence-electron chi connectivity index (χ2n) is 9.69. The van der Waals surface area contributed by atoms with Crippen molar-refractivity contribution < 1.29 is 27.1 Å². The molecule has 0 saturated carbocycles. The summed E-state index contributed by atoms with van der Waals surface area (Å²) in [5.41, 5.74) is -2.33. The summed E-state index contributed by atoms with van der Waals surface area (Å²) in [6, 6.07) is 12.6. The van der Waals surface area contributed by atoms with Gasteiger partial charge in [-0.25, -0.2) is 14.3 Å². The Hall–Kier alpha value is -3.31. The molecular formula is C27H30F4N4O3. The Labute approximate surface area is 217 Å². The molecule has 3 aromatic rings. The van der Waals surface area contributed by atoms with Crippen LogP contribution < -0.4 is 11.0 Å². The van der Waals surface area contributed by atoms with Gasteiger partial charge in [-0.1, -0.05) is 43.3 Å². The fourth-order valence-electron chi connectivity index (χ4n) is 5.14. The van der Waals surface area contributed by atoms with E-state index in [0.717, 1.165) is 17.7 Å². The third kappa shape index (κ3) is 5.30. The number of aromatic amines is 1. The second-order valence-corrected chi connectivity index (χ2v) is 9.69. The number of alkyl halides is 4. The molecule has 1 aliphatic heterocycles. The zero-order valence-corrected chi connectivity index (χ0v) is 21.1. The van der Waals surface area contributed by atoms with E-state index in [9.17, 15) is 27.2 Å². The number of hydrogen-bond acceptors (Lipinski definition) is 5. The number of hydrogen-bond donors (Lipinski definition) is 2. The summed E-state index contributed by atoms with van der Waals surface area (Å²) < 4.78 is 61.0. The van der Waals surface area contributed by atoms with E-state index in [2.05, 4.69) is 15.5 Å². The highest BCUT2D eigenvalue weighted by molar-refractivity contribution is 5.86. The first-order valence-corrected chi connectivity index (χ1v) is 12.4. The second kappa shape index (κ2) is 10.8. The lowest BCUT2D eigenvalue weighted by atomic mass is 9.74. The van der Waals surface area contributed by atoms with Gasteiger partial charge in [0.05, 0.1) is 23.8 Å². The van der Waals surface area contributed by atoms with Gasteiger partial charge in [-0.15, -0.1) is 0 Å². The standard InChI is InChI=1S/C27H30F4N4O3/c1-3-23(36)26(35-17-33-34-24(35)37)10-9-25(32-15-26,21-7-5-4-6-8-21)16-38-18(2)20-11-19(14-28)12-22(13-20)27(29,30)31/h4-8,11-13,17-18,32H,3,9-10,14-16H2,1-2H3,(H,34,37)/t18-,25-,26+/m1/s1. The minimum atomic E-state index is -4.61. The van der Waals surface area contributed by atoms with E-state index >= 15 is 0 Å². The van der Waals surface area contributed by atoms with E-state index in [0.29, 0.717) is 12.8 Å². The number of ether oxygens (including phenoxy) is 1. The number of carbonyl (C=O) groups is 1. The molecule has 0 radical (unpaired) electrons. The summed E-state index contributed by atoms with van der Waals surface area (Å²) in [6.45, 7) is 2.52. The predicted molar refractivity (Wildman–Crippen MR) is 132 cm³/mol. The number of benzene rings is 2. The summed E-state index contributed by atoms with van der Waals surface area (Å²) in [7, 11) is 0. The maximum absolute atomic E-state index is 13.4. The van der Waals surface area contributed by atoms with Crippen LogP contribution in [0.3, 0.4) is 0 Å². The maximum Gasteiger partial charge on any atom is 0.416 e. The number of Topliss-reactive ketones (excluding diaryl/α,β-unsaturated/α-hetero) is 1. The Morgan fingerprint density at radius 2 is 1.92 bits per heavy atom. The molecule has 1 fully saturated rings. The highest BCUT2D eigenvalue weighted by Crippen LogP contribution is 2.39. The van der Waals surface area contributed by atoms with Crippen LogP contribution in [0.2, 0.25) is 0 Å². The van der Waals surface area contributed by atoms with E-state index in [1.54, 1.807) is 13.8 Å². The van der Waals surface area contributed by atoms with E-state index < -0.39 is 41.3 Å². The van der Waals surface area contributed by atoms with Gasteiger partial charge in [0.2, 0.25) is 0 Å². The molecule has 3 atom stereocenters. The zero-order valence-electron chi connectivity index (χ0n) is 21.1. The molecule has 1 saturated heterocycles. The molecule has 0 bridgehead atoms. The molecule has 0 unspecified atom stereocenters. The van der Waals surface area contributed by atoms with E-state index in [4.69, 9.17) is 4.74 Å². The summed E-state index contributed by atoms with van der Waals surface area (Å²) in [6.07, 6.45) is -3.14. The Bertz CT molecular complexity index is 1310. The van der Waals surface area contributed by atoms with Gasteiger partial charge >= 0.3 is 11.9 Å². The number of rotatable bonds is 9. The van der Waals surface area contributed by atoms with Gasteiger partial charge in [-0.2, -0.15) is 18.3 Å². The smallest absolute Gasteiger partial charge is 0.372 e. The first-order valence-electron chi connectivity index (χ1n) is 12.4. The van der Waals surface area contributed by atoms with Crippen molar-refractivity contribution in [2.75, 3.05) is 13.2 Å². The van der Waals surface area contributed by atoms with Crippen molar-refractivity contribution in [1.29, 1.82) is 0 Å². The van der Waals surface area contributed by atoms with Crippen LogP contribution in [0.15, 0.2) is 59.7 Å². The Balaban J connectivity index is 1.63. The van der Waals surface area contributed by atoms with E-state index in [-0.39, 0.29) is 36.5 Å². The molecule has 4 rings (SSSR count). The van der Waals surface area contributed by atoms with E-state index in [1.165, 1.54) is 17.0 Å². The van der Waals surface area contributed by atoms with Crippen molar-refractivity contribution in [2.45, 2.75) is 63.1 Å². The third-order valence-corrected chi connectivity index (χ3v) is 7.41. The molecule has 2 aromatic carbocycles. The predicted octanol–water partition coefficient (Wildman–Crippen LogP) is 4.79. The molecule has 0 aliphatic carbocycles.